The Morgan fingerprint density at radius 1 is 1.24 bits per heavy atom. The van der Waals surface area contributed by atoms with Crippen molar-refractivity contribution >= 4 is 11.6 Å². The molecule has 3 aromatic rings. The number of anilines is 1. The zero-order valence-corrected chi connectivity index (χ0v) is 11.9. The molecular weight excluding hydrogens is 262 g/mol. The molecule has 2 aromatic heterocycles. The van der Waals surface area contributed by atoms with Crippen molar-refractivity contribution in [2.24, 2.45) is 5.92 Å². The van der Waals surface area contributed by atoms with E-state index >= 15 is 0 Å². The molecule has 1 fully saturated rings. The van der Waals surface area contributed by atoms with Crippen molar-refractivity contribution in [2.45, 2.75) is 25.8 Å². The zero-order valence-electron chi connectivity index (χ0n) is 11.9. The van der Waals surface area contributed by atoms with E-state index in [2.05, 4.69) is 45.5 Å². The molecule has 1 saturated carbocycles. The van der Waals surface area contributed by atoms with E-state index < -0.39 is 0 Å². The van der Waals surface area contributed by atoms with Crippen molar-refractivity contribution in [1.29, 1.82) is 0 Å². The normalized spacial score (nSPS) is 16.0. The third-order valence-electron chi connectivity index (χ3n) is 4.03. The van der Waals surface area contributed by atoms with E-state index in [4.69, 9.17) is 0 Å². The van der Waals surface area contributed by atoms with Crippen molar-refractivity contribution in [3.05, 3.63) is 42.7 Å². The summed E-state index contributed by atoms with van der Waals surface area (Å²) in [6.07, 6.45) is 4.17. The maximum Gasteiger partial charge on any atom is 0.254 e. The molecular formula is C16H17N5. The molecule has 5 nitrogen and oxygen atoms in total. The first-order valence-electron chi connectivity index (χ1n) is 7.34. The summed E-state index contributed by atoms with van der Waals surface area (Å²) < 4.78 is 1.77. The van der Waals surface area contributed by atoms with Gasteiger partial charge in [0.2, 0.25) is 0 Å². The number of nitrogens with one attached hydrogen (secondary N) is 1. The molecule has 0 aliphatic heterocycles. The molecule has 0 bridgehead atoms. The summed E-state index contributed by atoms with van der Waals surface area (Å²) in [7, 11) is 0. The summed E-state index contributed by atoms with van der Waals surface area (Å²) in [4.78, 5) is 8.82. The van der Waals surface area contributed by atoms with Crippen LogP contribution in [0.25, 0.3) is 17.0 Å². The second-order valence-corrected chi connectivity index (χ2v) is 5.63. The largest absolute Gasteiger partial charge is 0.367 e. The number of rotatable bonds is 4. The molecule has 1 aliphatic carbocycles. The second kappa shape index (κ2) is 4.84. The second-order valence-electron chi connectivity index (χ2n) is 5.63. The number of nitrogens with zero attached hydrogens (tertiary/aromatic N) is 4. The van der Waals surface area contributed by atoms with Gasteiger partial charge in [0.05, 0.1) is 5.69 Å². The summed E-state index contributed by atoms with van der Waals surface area (Å²) in [6, 6.07) is 12.7. The van der Waals surface area contributed by atoms with Crippen LogP contribution in [0.4, 0.5) is 5.82 Å². The lowest BCUT2D eigenvalue weighted by Gasteiger charge is -2.15. The molecule has 1 unspecified atom stereocenters. The van der Waals surface area contributed by atoms with Crippen LogP contribution in [-0.4, -0.2) is 25.6 Å². The van der Waals surface area contributed by atoms with Gasteiger partial charge in [-0.15, -0.1) is 0 Å². The quantitative estimate of drug-likeness (QED) is 0.797. The summed E-state index contributed by atoms with van der Waals surface area (Å²) in [5, 5.41) is 7.83. The average Bonchev–Trinajstić information content (AvgIpc) is 3.26. The lowest BCUT2D eigenvalue weighted by Crippen LogP contribution is -2.19. The van der Waals surface area contributed by atoms with Crippen molar-refractivity contribution < 1.29 is 0 Å². The number of aromatic nitrogens is 4. The highest BCUT2D eigenvalue weighted by Crippen LogP contribution is 2.34. The van der Waals surface area contributed by atoms with E-state index in [0.717, 1.165) is 23.0 Å². The van der Waals surface area contributed by atoms with Gasteiger partial charge in [0, 0.05) is 17.7 Å². The van der Waals surface area contributed by atoms with E-state index in [-0.39, 0.29) is 0 Å². The first-order valence-corrected chi connectivity index (χ1v) is 7.34. The van der Waals surface area contributed by atoms with Gasteiger partial charge in [0.25, 0.3) is 5.78 Å². The number of fused-ring (bicyclic) bond motifs is 1. The molecule has 106 valence electrons. The van der Waals surface area contributed by atoms with E-state index in [9.17, 15) is 0 Å². The Labute approximate surface area is 123 Å². The summed E-state index contributed by atoms with van der Waals surface area (Å²) in [5.74, 6) is 2.36. The minimum atomic E-state index is 0.448. The Balaban J connectivity index is 1.78. The lowest BCUT2D eigenvalue weighted by atomic mass is 10.1. The summed E-state index contributed by atoms with van der Waals surface area (Å²) in [5.41, 5.74) is 2.01. The Morgan fingerprint density at radius 3 is 2.81 bits per heavy atom. The van der Waals surface area contributed by atoms with Gasteiger partial charge in [-0.2, -0.15) is 14.6 Å². The number of hydrogen-bond donors (Lipinski definition) is 1. The van der Waals surface area contributed by atoms with Gasteiger partial charge in [-0.1, -0.05) is 30.3 Å². The van der Waals surface area contributed by atoms with E-state index in [1.165, 1.54) is 12.8 Å². The molecule has 21 heavy (non-hydrogen) atoms. The van der Waals surface area contributed by atoms with Crippen LogP contribution < -0.4 is 5.32 Å². The van der Waals surface area contributed by atoms with Crippen LogP contribution in [0.3, 0.4) is 0 Å². The summed E-state index contributed by atoms with van der Waals surface area (Å²) in [6.45, 7) is 2.23. The third kappa shape index (κ3) is 2.35. The van der Waals surface area contributed by atoms with Gasteiger partial charge < -0.3 is 5.32 Å². The molecule has 4 rings (SSSR count). The fraction of sp³-hybridized carbons (Fsp3) is 0.312. The zero-order chi connectivity index (χ0) is 14.2. The van der Waals surface area contributed by atoms with Crippen LogP contribution in [0, 0.1) is 5.92 Å². The molecule has 1 atom stereocenters. The highest BCUT2D eigenvalue weighted by molar-refractivity contribution is 5.65. The molecule has 1 aromatic carbocycles. The first kappa shape index (κ1) is 12.3. The standard InChI is InChI=1S/C16H17N5/c1-11(12-7-8-12)19-15-9-14(13-5-3-2-4-6-13)20-16-17-10-18-21(15)16/h2-6,9-12,19H,7-8H2,1H3. The van der Waals surface area contributed by atoms with Crippen LogP contribution in [0.5, 0.6) is 0 Å². The molecule has 0 amide bonds. The van der Waals surface area contributed by atoms with Gasteiger partial charge in [0.15, 0.2) is 0 Å². The fourth-order valence-electron chi connectivity index (χ4n) is 2.62. The summed E-state index contributed by atoms with van der Waals surface area (Å²) >= 11 is 0. The van der Waals surface area contributed by atoms with Gasteiger partial charge >= 0.3 is 0 Å². The monoisotopic (exact) mass is 279 g/mol. The van der Waals surface area contributed by atoms with Crippen LogP contribution in [-0.2, 0) is 0 Å². The van der Waals surface area contributed by atoms with Gasteiger partial charge in [0.1, 0.15) is 12.1 Å². The van der Waals surface area contributed by atoms with Crippen LogP contribution in [0.2, 0.25) is 0 Å². The Bertz CT molecular complexity index is 761. The minimum absolute atomic E-state index is 0.448. The van der Waals surface area contributed by atoms with Crippen LogP contribution in [0.15, 0.2) is 42.7 Å². The molecule has 0 radical (unpaired) electrons. The van der Waals surface area contributed by atoms with Crippen molar-refractivity contribution in [1.82, 2.24) is 19.6 Å². The smallest absolute Gasteiger partial charge is 0.254 e. The van der Waals surface area contributed by atoms with E-state index in [0.29, 0.717) is 11.8 Å². The molecule has 2 heterocycles. The highest BCUT2D eigenvalue weighted by atomic mass is 15.4. The predicted octanol–water partition coefficient (Wildman–Crippen LogP) is 3.00. The van der Waals surface area contributed by atoms with Crippen LogP contribution >= 0.6 is 0 Å². The van der Waals surface area contributed by atoms with Crippen LogP contribution in [0.1, 0.15) is 19.8 Å². The molecule has 1 N–H and O–H groups in total. The van der Waals surface area contributed by atoms with Gasteiger partial charge in [-0.3, -0.25) is 0 Å². The van der Waals surface area contributed by atoms with Crippen molar-refractivity contribution in [2.75, 3.05) is 5.32 Å². The Morgan fingerprint density at radius 2 is 2.05 bits per heavy atom. The molecule has 0 saturated heterocycles. The van der Waals surface area contributed by atoms with Crippen molar-refractivity contribution in [3.63, 3.8) is 0 Å². The predicted molar refractivity (Wildman–Crippen MR) is 82.0 cm³/mol. The Kier molecular flexibility index (Phi) is 2.84. The maximum absolute atomic E-state index is 4.58. The average molecular weight is 279 g/mol. The molecule has 5 heteroatoms. The highest BCUT2D eigenvalue weighted by Gasteiger charge is 2.28. The number of hydrogen-bond acceptors (Lipinski definition) is 4. The van der Waals surface area contributed by atoms with Gasteiger partial charge in [-0.25, -0.2) is 4.98 Å². The maximum atomic E-state index is 4.58. The Hall–Kier alpha value is -2.43. The fourth-order valence-corrected chi connectivity index (χ4v) is 2.62. The van der Waals surface area contributed by atoms with Crippen molar-refractivity contribution in [3.8, 4) is 11.3 Å². The molecule has 0 spiro atoms. The molecule has 1 aliphatic rings. The van der Waals surface area contributed by atoms with E-state index in [1.807, 2.05) is 18.2 Å². The SMILES string of the molecule is CC(Nc1cc(-c2ccccc2)nc2ncnn12)C1CC1. The van der Waals surface area contributed by atoms with E-state index in [1.54, 1.807) is 10.8 Å². The van der Waals surface area contributed by atoms with Gasteiger partial charge in [-0.05, 0) is 25.7 Å². The topological polar surface area (TPSA) is 55.1 Å². The third-order valence-corrected chi connectivity index (χ3v) is 4.03. The lowest BCUT2D eigenvalue weighted by molar-refractivity contribution is 0.685. The number of benzene rings is 1. The minimum Gasteiger partial charge on any atom is -0.367 e. The first-order chi connectivity index (χ1) is 10.3.